The first-order chi connectivity index (χ1) is 20.4. The molecule has 0 N–H and O–H groups in total. The molecule has 6 rings (SSSR count). The first kappa shape index (κ1) is 28.1. The van der Waals surface area contributed by atoms with E-state index < -0.39 is 0 Å². The molecule has 204 valence electrons. The highest BCUT2D eigenvalue weighted by Gasteiger charge is 2.04. The van der Waals surface area contributed by atoms with Crippen molar-refractivity contribution in [2.75, 3.05) is 0 Å². The van der Waals surface area contributed by atoms with E-state index in [4.69, 9.17) is 0 Å². The summed E-state index contributed by atoms with van der Waals surface area (Å²) >= 11 is 0. The molecule has 0 fully saturated rings. The van der Waals surface area contributed by atoms with Crippen molar-refractivity contribution >= 4 is 45.3 Å². The summed E-state index contributed by atoms with van der Waals surface area (Å²) in [6.45, 7) is 0. The van der Waals surface area contributed by atoms with Gasteiger partial charge >= 0.3 is 0 Å². The average Bonchev–Trinajstić information content (AvgIpc) is 3.03. The third kappa shape index (κ3) is 7.38. The van der Waals surface area contributed by atoms with E-state index in [1.165, 1.54) is 36.4 Å². The van der Waals surface area contributed by atoms with Crippen LogP contribution in [0.4, 0.5) is 8.78 Å². The molecule has 0 atom stereocenters. The van der Waals surface area contributed by atoms with Gasteiger partial charge in [0, 0.05) is 11.1 Å². The number of hydrogen-bond acceptors (Lipinski definition) is 2. The number of allylic oxidation sites excluding steroid dienone is 2. The van der Waals surface area contributed by atoms with E-state index in [-0.39, 0.29) is 23.2 Å². The summed E-state index contributed by atoms with van der Waals surface area (Å²) in [5.41, 5.74) is 2.88. The van der Waals surface area contributed by atoms with Crippen LogP contribution in [0.5, 0.6) is 0 Å². The van der Waals surface area contributed by atoms with Gasteiger partial charge in [-0.15, -0.1) is 0 Å². The van der Waals surface area contributed by atoms with Crippen molar-refractivity contribution in [2.45, 2.75) is 0 Å². The fraction of sp³-hybridized carbons (Fsp3) is 0. The van der Waals surface area contributed by atoms with Crippen LogP contribution in [0.15, 0.2) is 146 Å². The second-order valence-corrected chi connectivity index (χ2v) is 9.62. The molecule has 4 heteroatoms. The van der Waals surface area contributed by atoms with Crippen molar-refractivity contribution in [3.63, 3.8) is 0 Å². The zero-order valence-corrected chi connectivity index (χ0v) is 22.6. The van der Waals surface area contributed by atoms with E-state index in [0.29, 0.717) is 11.1 Å². The summed E-state index contributed by atoms with van der Waals surface area (Å²) in [5.74, 6) is -0.698. The minimum atomic E-state index is -0.284. The highest BCUT2D eigenvalue weighted by Crippen LogP contribution is 2.18. The third-order valence-corrected chi connectivity index (χ3v) is 6.66. The van der Waals surface area contributed by atoms with Crippen molar-refractivity contribution in [1.29, 1.82) is 0 Å². The quantitative estimate of drug-likeness (QED) is 0.152. The van der Waals surface area contributed by atoms with E-state index >= 15 is 0 Å². The topological polar surface area (TPSA) is 34.1 Å². The van der Waals surface area contributed by atoms with Gasteiger partial charge in [0.2, 0.25) is 0 Å². The normalized spacial score (nSPS) is 11.1. The number of carbonyl (C=O) groups excluding carboxylic acids is 2. The Bertz CT molecular complexity index is 1780. The Morgan fingerprint density at radius 3 is 1.17 bits per heavy atom. The maximum absolute atomic E-state index is 12.8. The van der Waals surface area contributed by atoms with Crippen molar-refractivity contribution in [3.8, 4) is 0 Å². The lowest BCUT2D eigenvalue weighted by Gasteiger charge is -2.00. The Balaban J connectivity index is 0.000000168. The van der Waals surface area contributed by atoms with Gasteiger partial charge in [-0.25, -0.2) is 8.78 Å². The van der Waals surface area contributed by atoms with Gasteiger partial charge in [-0.1, -0.05) is 109 Å². The van der Waals surface area contributed by atoms with Gasteiger partial charge in [0.1, 0.15) is 11.6 Å². The maximum atomic E-state index is 12.8. The highest BCUT2D eigenvalue weighted by molar-refractivity contribution is 6.09. The lowest BCUT2D eigenvalue weighted by Crippen LogP contribution is -1.93. The lowest BCUT2D eigenvalue weighted by atomic mass is 10.0. The van der Waals surface area contributed by atoms with E-state index in [9.17, 15) is 18.4 Å². The number of carbonyl (C=O) groups is 2. The molecular formula is C38H26F2O2. The van der Waals surface area contributed by atoms with Gasteiger partial charge in [-0.2, -0.15) is 0 Å². The second kappa shape index (κ2) is 13.2. The summed E-state index contributed by atoms with van der Waals surface area (Å²) in [4.78, 5) is 24.3. The van der Waals surface area contributed by atoms with Crippen LogP contribution in [0.1, 0.15) is 31.8 Å². The van der Waals surface area contributed by atoms with E-state index in [1.54, 1.807) is 36.4 Å². The van der Waals surface area contributed by atoms with Crippen LogP contribution in [-0.4, -0.2) is 11.6 Å². The molecule has 0 radical (unpaired) electrons. The van der Waals surface area contributed by atoms with Gasteiger partial charge in [0.15, 0.2) is 11.6 Å². The molecule has 0 heterocycles. The van der Waals surface area contributed by atoms with Gasteiger partial charge in [0.05, 0.1) is 0 Å². The second-order valence-electron chi connectivity index (χ2n) is 9.62. The van der Waals surface area contributed by atoms with Crippen LogP contribution in [-0.2, 0) is 0 Å². The van der Waals surface area contributed by atoms with E-state index in [0.717, 1.165) is 32.7 Å². The SMILES string of the molecule is O=C(/C=C/c1ccc(F)cc1)c1ccc2ccccc2c1.O=C(/C=C/c1ccc(F)cc1)c1ccc2ccccc2c1. The van der Waals surface area contributed by atoms with Gasteiger partial charge < -0.3 is 0 Å². The zero-order chi connectivity index (χ0) is 29.3. The molecule has 0 unspecified atom stereocenters. The summed E-state index contributed by atoms with van der Waals surface area (Å²) < 4.78 is 25.6. The molecule has 0 aromatic heterocycles. The Morgan fingerprint density at radius 1 is 0.429 bits per heavy atom. The number of halogens is 2. The fourth-order valence-corrected chi connectivity index (χ4v) is 4.37. The van der Waals surface area contributed by atoms with Crippen molar-refractivity contribution < 1.29 is 18.4 Å². The fourth-order valence-electron chi connectivity index (χ4n) is 4.37. The van der Waals surface area contributed by atoms with Crippen LogP contribution < -0.4 is 0 Å². The molecule has 0 amide bonds. The zero-order valence-electron chi connectivity index (χ0n) is 22.6. The van der Waals surface area contributed by atoms with Crippen LogP contribution in [0.2, 0.25) is 0 Å². The molecule has 0 spiro atoms. The van der Waals surface area contributed by atoms with Crippen LogP contribution in [0.3, 0.4) is 0 Å². The molecule has 0 saturated heterocycles. The molecule has 0 saturated carbocycles. The molecule has 0 aliphatic carbocycles. The lowest BCUT2D eigenvalue weighted by molar-refractivity contribution is 0.104. The van der Waals surface area contributed by atoms with Crippen LogP contribution in [0.25, 0.3) is 33.7 Å². The predicted octanol–water partition coefficient (Wildman–Crippen LogP) is 9.75. The summed E-state index contributed by atoms with van der Waals surface area (Å²) in [6.07, 6.45) is 6.41. The maximum Gasteiger partial charge on any atom is 0.185 e. The van der Waals surface area contributed by atoms with Crippen molar-refractivity contribution in [2.24, 2.45) is 0 Å². The molecule has 2 nitrogen and oxygen atoms in total. The number of rotatable bonds is 6. The third-order valence-electron chi connectivity index (χ3n) is 6.66. The molecule has 6 aromatic rings. The minimum absolute atomic E-state index is 0.0647. The Morgan fingerprint density at radius 2 is 0.786 bits per heavy atom. The predicted molar refractivity (Wildman–Crippen MR) is 167 cm³/mol. The first-order valence-electron chi connectivity index (χ1n) is 13.4. The molecule has 0 bridgehead atoms. The highest BCUT2D eigenvalue weighted by atomic mass is 19.1. The molecule has 42 heavy (non-hydrogen) atoms. The Labute approximate surface area is 242 Å². The number of benzene rings is 6. The van der Waals surface area contributed by atoms with Crippen LogP contribution >= 0.6 is 0 Å². The van der Waals surface area contributed by atoms with Crippen molar-refractivity contribution in [1.82, 2.24) is 0 Å². The number of ketones is 2. The number of fused-ring (bicyclic) bond motifs is 2. The summed E-state index contributed by atoms with van der Waals surface area (Å²) in [6, 6.07) is 39.2. The van der Waals surface area contributed by atoms with Gasteiger partial charge in [0.25, 0.3) is 0 Å². The number of hydrogen-bond donors (Lipinski definition) is 0. The van der Waals surface area contributed by atoms with Crippen molar-refractivity contribution in [3.05, 3.63) is 180 Å². The molecule has 0 aliphatic rings. The van der Waals surface area contributed by atoms with Gasteiger partial charge in [-0.3, -0.25) is 9.59 Å². The summed E-state index contributed by atoms with van der Waals surface area (Å²) in [5, 5.41) is 4.30. The first-order valence-corrected chi connectivity index (χ1v) is 13.4. The molecule has 6 aromatic carbocycles. The minimum Gasteiger partial charge on any atom is -0.289 e. The Kier molecular flexibility index (Phi) is 8.85. The largest absolute Gasteiger partial charge is 0.289 e. The van der Waals surface area contributed by atoms with E-state index in [1.807, 2.05) is 84.9 Å². The monoisotopic (exact) mass is 552 g/mol. The molecular weight excluding hydrogens is 526 g/mol. The van der Waals surface area contributed by atoms with E-state index in [2.05, 4.69) is 0 Å². The van der Waals surface area contributed by atoms with Gasteiger partial charge in [-0.05, 0) is 81.2 Å². The molecule has 0 aliphatic heterocycles. The Hall–Kier alpha value is -5.48. The smallest absolute Gasteiger partial charge is 0.185 e. The average molecular weight is 553 g/mol. The van der Waals surface area contributed by atoms with Crippen LogP contribution in [0, 0.1) is 11.6 Å². The summed E-state index contributed by atoms with van der Waals surface area (Å²) in [7, 11) is 0. The standard InChI is InChI=1S/2C19H13FO/c2*20-18-10-5-14(6-11-18)7-12-19(21)17-9-8-15-3-1-2-4-16(15)13-17/h2*1-13H/b2*12-7+.